The summed E-state index contributed by atoms with van der Waals surface area (Å²) in [5.74, 6) is -1.55. The Morgan fingerprint density at radius 2 is 1.29 bits per heavy atom. The lowest BCUT2D eigenvalue weighted by molar-refractivity contribution is -0.161. The number of phosphoric ester groups is 2. The first-order chi connectivity index (χ1) is 36.1. The van der Waals surface area contributed by atoms with Gasteiger partial charge in [-0.2, -0.15) is 9.29 Å². The van der Waals surface area contributed by atoms with E-state index in [0.717, 1.165) is 55.7 Å². The summed E-state index contributed by atoms with van der Waals surface area (Å²) < 4.78 is 56.6. The summed E-state index contributed by atoms with van der Waals surface area (Å²) in [6.07, 6.45) is 44.6. The van der Waals surface area contributed by atoms with Crippen LogP contribution in [0.3, 0.4) is 0 Å². The minimum atomic E-state index is -5.48. The predicted octanol–water partition coefficient (Wildman–Crippen LogP) is 9.74. The number of anilines is 1. The van der Waals surface area contributed by atoms with Gasteiger partial charge in [0.25, 0.3) is 0 Å². The molecule has 2 rings (SSSR count). The van der Waals surface area contributed by atoms with Crippen molar-refractivity contribution in [2.24, 2.45) is 0 Å². The molecule has 0 saturated carbocycles. The smallest absolute Gasteiger partial charge is 0.462 e. The number of nitrogens with zero attached hydrogens (tertiary/aromatic N) is 2. The first-order valence-corrected chi connectivity index (χ1v) is 28.6. The summed E-state index contributed by atoms with van der Waals surface area (Å²) in [6.45, 7) is 1.78. The number of aliphatic hydroxyl groups excluding tert-OH is 3. The SMILES string of the molecule is CC/C=C\C/C=C\C/C=C\C/C=C\C/C=C\C/C=C\CCC(=O)O[C@H](COC(=O)CCC/C=C/C=C\C(O)C/C=C\C/C=C\CCCCC)COP(=O)(O)OP(=O)(O)OC[C@H]1O[C@@H](n2ccc(N)nc2=O)[C@H](O)[C@@H]1O. The molecule has 1 fully saturated rings. The maximum atomic E-state index is 12.9. The van der Waals surface area contributed by atoms with E-state index in [1.807, 2.05) is 36.5 Å². The number of nitrogen functional groups attached to an aromatic ring is 1. The molecule has 0 radical (unpaired) electrons. The van der Waals surface area contributed by atoms with Crippen LogP contribution < -0.4 is 11.4 Å². The molecule has 0 bridgehead atoms. The van der Waals surface area contributed by atoms with Crippen LogP contribution in [-0.4, -0.2) is 96.9 Å². The number of hydrogen-bond donors (Lipinski definition) is 6. The average molecular weight is 1090 g/mol. The summed E-state index contributed by atoms with van der Waals surface area (Å²) in [5, 5.41) is 31.1. The van der Waals surface area contributed by atoms with Gasteiger partial charge in [-0.25, -0.2) is 13.9 Å². The first kappa shape index (κ1) is 66.2. The van der Waals surface area contributed by atoms with E-state index in [1.54, 1.807) is 24.3 Å². The molecule has 0 amide bonds. The van der Waals surface area contributed by atoms with E-state index in [9.17, 15) is 48.6 Å². The Kier molecular flexibility index (Phi) is 35.7. The lowest BCUT2D eigenvalue weighted by Crippen LogP contribution is -2.36. The molecular formula is C54H81N3O16P2. The van der Waals surface area contributed by atoms with Crippen molar-refractivity contribution in [2.45, 2.75) is 160 Å². The number of rotatable bonds is 40. The Morgan fingerprint density at radius 3 is 1.91 bits per heavy atom. The van der Waals surface area contributed by atoms with Crippen molar-refractivity contribution in [3.05, 3.63) is 144 Å². The molecule has 75 heavy (non-hydrogen) atoms. The van der Waals surface area contributed by atoms with E-state index in [4.69, 9.17) is 29.0 Å². The van der Waals surface area contributed by atoms with Crippen molar-refractivity contribution >= 4 is 33.4 Å². The second kappa shape index (κ2) is 40.4. The highest BCUT2D eigenvalue weighted by molar-refractivity contribution is 7.61. The topological polar surface area (TPSA) is 286 Å². The predicted molar refractivity (Wildman–Crippen MR) is 290 cm³/mol. The molecule has 1 aromatic rings. The van der Waals surface area contributed by atoms with Crippen molar-refractivity contribution in [1.82, 2.24) is 9.55 Å². The Balaban J connectivity index is 1.89. The lowest BCUT2D eigenvalue weighted by atomic mass is 10.1. The van der Waals surface area contributed by atoms with E-state index in [1.165, 1.54) is 25.3 Å². The second-order valence-electron chi connectivity index (χ2n) is 17.1. The van der Waals surface area contributed by atoms with Crippen LogP contribution in [0, 0.1) is 0 Å². The van der Waals surface area contributed by atoms with E-state index in [2.05, 4.69) is 83.9 Å². The highest BCUT2D eigenvalue weighted by Gasteiger charge is 2.46. The number of nitrogens with two attached hydrogens (primary N) is 1. The molecule has 7 N–H and O–H groups in total. The third kappa shape index (κ3) is 33.0. The summed E-state index contributed by atoms with van der Waals surface area (Å²) in [6, 6.07) is 1.23. The number of allylic oxidation sites excluding steroid dienone is 18. The van der Waals surface area contributed by atoms with Crippen LogP contribution >= 0.6 is 15.6 Å². The van der Waals surface area contributed by atoms with Gasteiger partial charge in [0.1, 0.15) is 30.7 Å². The zero-order valence-electron chi connectivity index (χ0n) is 43.4. The van der Waals surface area contributed by atoms with Crippen LogP contribution in [0.25, 0.3) is 0 Å². The fourth-order valence-corrected chi connectivity index (χ4v) is 8.76. The molecule has 19 nitrogen and oxygen atoms in total. The maximum absolute atomic E-state index is 12.9. The number of phosphoric acid groups is 2. The van der Waals surface area contributed by atoms with E-state index < -0.39 is 89.8 Å². The number of unbranched alkanes of at least 4 members (excludes halogenated alkanes) is 4. The van der Waals surface area contributed by atoms with Gasteiger partial charge in [0.2, 0.25) is 0 Å². The van der Waals surface area contributed by atoms with Crippen molar-refractivity contribution in [1.29, 1.82) is 0 Å². The molecule has 1 aromatic heterocycles. The number of hydrogen-bond acceptors (Lipinski definition) is 16. The average Bonchev–Trinajstić information content (AvgIpc) is 3.64. The molecule has 3 unspecified atom stereocenters. The van der Waals surface area contributed by atoms with Gasteiger partial charge < -0.3 is 45.1 Å². The standard InChI is InChI=1S/C54H81N3O16P2/c1-3-5-7-9-11-13-14-15-16-17-18-19-20-21-22-24-26-30-35-39-50(60)71-46(42-68-49(59)38-34-31-27-29-33-37-45(58)36-32-28-25-23-12-10-8-6-4-2)43-69-74(64,65)73-75(66,67)70-44-47-51(61)52(62)53(72-47)57-41-40-48(55)56-54(57)63/h5,7,11-13,15-16,18-19,21-23,26-30,32-33,37,40-41,45-47,51-53,58,61-62H,3-4,6,8-10,14,17,20,24-25,31,34-36,38-39,42-44H2,1-2H3,(H,64,65)(H,66,67)(H2,55,56,63)/b7-5-,13-11-,16-15-,19-18-,22-21-,23-12-,29-27+,30-26-,32-28-,37-33-/t45?,46-,47-,51-,52-,53-/m1/s1. The van der Waals surface area contributed by atoms with Gasteiger partial charge in [-0.1, -0.05) is 148 Å². The van der Waals surface area contributed by atoms with E-state index in [-0.39, 0.29) is 25.1 Å². The van der Waals surface area contributed by atoms with Crippen LogP contribution in [0.5, 0.6) is 0 Å². The lowest BCUT2D eigenvalue weighted by Gasteiger charge is -2.21. The van der Waals surface area contributed by atoms with Crippen LogP contribution in [0.15, 0.2) is 139 Å². The van der Waals surface area contributed by atoms with Crippen molar-refractivity contribution < 1.29 is 71.4 Å². The second-order valence-corrected chi connectivity index (χ2v) is 20.2. The minimum absolute atomic E-state index is 0.0316. The Labute approximate surface area is 442 Å². The summed E-state index contributed by atoms with van der Waals surface area (Å²) in [4.78, 5) is 61.9. The molecule has 8 atom stereocenters. The molecule has 1 aliphatic heterocycles. The van der Waals surface area contributed by atoms with Gasteiger partial charge in [-0.15, -0.1) is 0 Å². The van der Waals surface area contributed by atoms with Crippen LogP contribution in [0.1, 0.15) is 129 Å². The quantitative estimate of drug-likeness (QED) is 0.0117. The summed E-state index contributed by atoms with van der Waals surface area (Å²) in [7, 11) is -11.0. The third-order valence-electron chi connectivity index (χ3n) is 10.6. The Bertz CT molecular complexity index is 2250. The van der Waals surface area contributed by atoms with Crippen LogP contribution in [0.4, 0.5) is 5.82 Å². The zero-order valence-corrected chi connectivity index (χ0v) is 45.2. The molecule has 2 heterocycles. The molecule has 1 aliphatic rings. The Morgan fingerprint density at radius 1 is 0.720 bits per heavy atom. The minimum Gasteiger partial charge on any atom is -0.462 e. The van der Waals surface area contributed by atoms with Gasteiger partial charge in [0.05, 0.1) is 19.3 Å². The highest BCUT2D eigenvalue weighted by atomic mass is 31.3. The fourth-order valence-electron chi connectivity index (χ4n) is 6.65. The maximum Gasteiger partial charge on any atom is 0.481 e. The monoisotopic (exact) mass is 1090 g/mol. The van der Waals surface area contributed by atoms with Gasteiger partial charge in [0.15, 0.2) is 12.3 Å². The van der Waals surface area contributed by atoms with E-state index >= 15 is 0 Å². The zero-order chi connectivity index (χ0) is 55.0. The molecule has 21 heteroatoms. The van der Waals surface area contributed by atoms with Gasteiger partial charge in [-0.05, 0) is 89.5 Å². The van der Waals surface area contributed by atoms with Crippen LogP contribution in [0.2, 0.25) is 0 Å². The number of aliphatic hydroxyl groups is 3. The van der Waals surface area contributed by atoms with Crippen molar-refractivity contribution in [3.8, 4) is 0 Å². The molecule has 1 saturated heterocycles. The summed E-state index contributed by atoms with van der Waals surface area (Å²) in [5.41, 5.74) is 4.57. The van der Waals surface area contributed by atoms with Gasteiger partial charge in [0, 0.05) is 19.0 Å². The Hall–Kier alpha value is -4.88. The highest BCUT2D eigenvalue weighted by Crippen LogP contribution is 2.60. The molecule has 0 spiro atoms. The first-order valence-electron chi connectivity index (χ1n) is 25.7. The van der Waals surface area contributed by atoms with Crippen molar-refractivity contribution in [3.63, 3.8) is 0 Å². The molecule has 418 valence electrons. The fraction of sp³-hybridized carbons (Fsp3) is 0.519. The van der Waals surface area contributed by atoms with Crippen LogP contribution in [-0.2, 0) is 46.3 Å². The van der Waals surface area contributed by atoms with Gasteiger partial charge in [-0.3, -0.25) is 23.2 Å². The largest absolute Gasteiger partial charge is 0.481 e. The van der Waals surface area contributed by atoms with E-state index in [0.29, 0.717) is 25.7 Å². The third-order valence-corrected chi connectivity index (χ3v) is 13.2. The molecule has 0 aliphatic carbocycles. The number of esters is 2. The molecular weight excluding hydrogens is 1010 g/mol. The normalized spacial score (nSPS) is 20.2. The number of carbonyl (C=O) groups is 2. The summed E-state index contributed by atoms with van der Waals surface area (Å²) >= 11 is 0. The van der Waals surface area contributed by atoms with Gasteiger partial charge >= 0.3 is 33.3 Å². The van der Waals surface area contributed by atoms with Crippen molar-refractivity contribution in [2.75, 3.05) is 25.6 Å². The number of carbonyl (C=O) groups excluding carboxylic acids is 2. The number of ether oxygens (including phenoxy) is 3. The molecule has 0 aromatic carbocycles. The number of aromatic nitrogens is 2.